The highest BCUT2D eigenvalue weighted by atomic mass is 16.5. The Kier molecular flexibility index (Phi) is 7.06. The molecule has 0 radical (unpaired) electrons. The molecule has 0 unspecified atom stereocenters. The van der Waals surface area contributed by atoms with E-state index in [0.29, 0.717) is 31.3 Å². The number of phenols is 2. The van der Waals surface area contributed by atoms with Gasteiger partial charge in [0.15, 0.2) is 12.6 Å². The fourth-order valence-corrected chi connectivity index (χ4v) is 3.84. The van der Waals surface area contributed by atoms with Crippen LogP contribution in [0.4, 0.5) is 0 Å². The molecular formula is C23H25NO6. The molecule has 7 nitrogen and oxygen atoms in total. The van der Waals surface area contributed by atoms with Crippen molar-refractivity contribution in [3.63, 3.8) is 0 Å². The van der Waals surface area contributed by atoms with Crippen molar-refractivity contribution in [3.8, 4) is 17.2 Å². The van der Waals surface area contributed by atoms with Crippen LogP contribution in [0.3, 0.4) is 0 Å². The Labute approximate surface area is 174 Å². The molecular weight excluding hydrogens is 386 g/mol. The van der Waals surface area contributed by atoms with Gasteiger partial charge in [0, 0.05) is 19.0 Å². The molecule has 0 saturated carbocycles. The average molecular weight is 411 g/mol. The molecule has 2 aromatic rings. The number of phenolic OH excluding ortho intramolecular Hbond substituents is 2. The number of aldehydes is 2. The fraction of sp³-hybridized carbons (Fsp3) is 0.348. The Morgan fingerprint density at radius 3 is 2.43 bits per heavy atom. The predicted molar refractivity (Wildman–Crippen MR) is 110 cm³/mol. The van der Waals surface area contributed by atoms with E-state index in [4.69, 9.17) is 4.74 Å². The summed E-state index contributed by atoms with van der Waals surface area (Å²) in [6.07, 6.45) is 5.22. The third-order valence-electron chi connectivity index (χ3n) is 5.44. The molecule has 1 saturated heterocycles. The smallest absolute Gasteiger partial charge is 0.254 e. The van der Waals surface area contributed by atoms with Crippen molar-refractivity contribution in [3.05, 3.63) is 53.1 Å². The van der Waals surface area contributed by atoms with Gasteiger partial charge in [-0.15, -0.1) is 0 Å². The summed E-state index contributed by atoms with van der Waals surface area (Å²) in [5.74, 6) is -0.339. The van der Waals surface area contributed by atoms with Gasteiger partial charge in [-0.25, -0.2) is 0 Å². The van der Waals surface area contributed by atoms with Crippen molar-refractivity contribution < 1.29 is 29.3 Å². The molecule has 1 atom stereocenters. The van der Waals surface area contributed by atoms with Gasteiger partial charge in [-0.05, 0) is 37.1 Å². The van der Waals surface area contributed by atoms with Crippen LogP contribution in [0.25, 0.3) is 0 Å². The van der Waals surface area contributed by atoms with Gasteiger partial charge in [0.1, 0.15) is 17.2 Å². The second-order valence-electron chi connectivity index (χ2n) is 7.30. The normalized spacial score (nSPS) is 16.5. The van der Waals surface area contributed by atoms with Gasteiger partial charge in [0.2, 0.25) is 0 Å². The highest BCUT2D eigenvalue weighted by Gasteiger charge is 2.28. The Hall–Kier alpha value is -3.35. The van der Waals surface area contributed by atoms with Crippen LogP contribution in [0.15, 0.2) is 36.4 Å². The van der Waals surface area contributed by atoms with E-state index in [9.17, 15) is 24.6 Å². The summed E-state index contributed by atoms with van der Waals surface area (Å²) in [5, 5.41) is 19.7. The summed E-state index contributed by atoms with van der Waals surface area (Å²) >= 11 is 0. The van der Waals surface area contributed by atoms with Crippen LogP contribution in [0.2, 0.25) is 0 Å². The number of hydrogen-bond acceptors (Lipinski definition) is 6. The molecule has 0 bridgehead atoms. The molecule has 2 N–H and O–H groups in total. The summed E-state index contributed by atoms with van der Waals surface area (Å²) in [7, 11) is 0. The third-order valence-corrected chi connectivity index (χ3v) is 5.44. The molecule has 1 fully saturated rings. The molecule has 1 heterocycles. The zero-order valence-electron chi connectivity index (χ0n) is 16.6. The van der Waals surface area contributed by atoms with E-state index in [0.717, 1.165) is 25.7 Å². The molecule has 0 aromatic heterocycles. The summed E-state index contributed by atoms with van der Waals surface area (Å²) in [6, 6.07) is 9.02. The first-order valence-corrected chi connectivity index (χ1v) is 10.0. The Bertz CT molecular complexity index is 926. The van der Waals surface area contributed by atoms with Crippen molar-refractivity contribution in [2.24, 2.45) is 0 Å². The number of hydrogen-bond donors (Lipinski definition) is 2. The second kappa shape index (κ2) is 9.91. The first-order valence-electron chi connectivity index (χ1n) is 10.0. The van der Waals surface area contributed by atoms with Crippen LogP contribution >= 0.6 is 0 Å². The number of likely N-dealkylation sites (tertiary alicyclic amines) is 1. The van der Waals surface area contributed by atoms with Crippen molar-refractivity contribution in [1.82, 2.24) is 4.90 Å². The second-order valence-corrected chi connectivity index (χ2v) is 7.30. The standard InChI is InChI=1S/C23H25NO6/c25-14-18-17(7-4-8-20(18)27)23(29)24-12-3-1-2-6-16(24)11-13-30-22-10-5-9-21(28)19(22)15-26/h4-5,7-10,14-16,27-28H,1-3,6,11-13H2/t16-/m0/s1. The Balaban J connectivity index is 1.75. The average Bonchev–Trinajstić information content (AvgIpc) is 2.99. The number of benzene rings is 2. The van der Waals surface area contributed by atoms with Crippen LogP contribution in [-0.2, 0) is 0 Å². The van der Waals surface area contributed by atoms with E-state index < -0.39 is 0 Å². The van der Waals surface area contributed by atoms with Gasteiger partial charge >= 0.3 is 0 Å². The molecule has 0 spiro atoms. The lowest BCUT2D eigenvalue weighted by molar-refractivity contribution is 0.0655. The molecule has 1 aliphatic heterocycles. The molecule has 7 heteroatoms. The molecule has 1 aliphatic rings. The van der Waals surface area contributed by atoms with Crippen molar-refractivity contribution in [2.45, 2.75) is 38.1 Å². The molecule has 1 amide bonds. The van der Waals surface area contributed by atoms with Gasteiger partial charge in [-0.1, -0.05) is 25.0 Å². The summed E-state index contributed by atoms with van der Waals surface area (Å²) in [5.41, 5.74) is 0.285. The molecule has 0 aliphatic carbocycles. The first-order chi connectivity index (χ1) is 14.6. The lowest BCUT2D eigenvalue weighted by Crippen LogP contribution is -2.41. The Morgan fingerprint density at radius 1 is 1.00 bits per heavy atom. The van der Waals surface area contributed by atoms with Crippen LogP contribution < -0.4 is 4.74 Å². The number of amides is 1. The van der Waals surface area contributed by atoms with Crippen LogP contribution in [0, 0.1) is 0 Å². The minimum atomic E-state index is -0.286. The third kappa shape index (κ3) is 4.62. The molecule has 2 aromatic carbocycles. The number of carbonyl (C=O) groups is 3. The fourth-order valence-electron chi connectivity index (χ4n) is 3.84. The predicted octanol–water partition coefficient (Wildman–Crippen LogP) is 3.58. The maximum absolute atomic E-state index is 13.2. The number of rotatable bonds is 7. The molecule has 158 valence electrons. The topological polar surface area (TPSA) is 104 Å². The van der Waals surface area contributed by atoms with Gasteiger partial charge in [0.05, 0.1) is 23.3 Å². The van der Waals surface area contributed by atoms with E-state index in [-0.39, 0.29) is 46.7 Å². The number of nitrogens with zero attached hydrogens (tertiary/aromatic N) is 1. The molecule has 30 heavy (non-hydrogen) atoms. The van der Waals surface area contributed by atoms with E-state index in [1.165, 1.54) is 12.1 Å². The zero-order chi connectivity index (χ0) is 21.5. The highest BCUT2D eigenvalue weighted by molar-refractivity contribution is 6.03. The zero-order valence-corrected chi connectivity index (χ0v) is 16.6. The van der Waals surface area contributed by atoms with E-state index in [1.54, 1.807) is 29.2 Å². The molecule has 3 rings (SSSR count). The largest absolute Gasteiger partial charge is 0.507 e. The maximum Gasteiger partial charge on any atom is 0.254 e. The SMILES string of the molecule is O=Cc1c(O)cccc1OCC[C@@H]1CCCCCN1C(=O)c1cccc(O)c1C=O. The summed E-state index contributed by atoms with van der Waals surface area (Å²) in [6.45, 7) is 0.822. The number of ether oxygens (including phenoxy) is 1. The quantitative estimate of drug-likeness (QED) is 0.675. The van der Waals surface area contributed by atoms with Crippen LogP contribution in [0.1, 0.15) is 63.2 Å². The van der Waals surface area contributed by atoms with E-state index in [1.807, 2.05) is 0 Å². The van der Waals surface area contributed by atoms with Gasteiger partial charge in [0.25, 0.3) is 5.91 Å². The van der Waals surface area contributed by atoms with Crippen LogP contribution in [0.5, 0.6) is 17.2 Å². The summed E-state index contributed by atoms with van der Waals surface area (Å²) < 4.78 is 5.72. The van der Waals surface area contributed by atoms with E-state index >= 15 is 0 Å². The lowest BCUT2D eigenvalue weighted by atomic mass is 10.0. The summed E-state index contributed by atoms with van der Waals surface area (Å²) in [4.78, 5) is 37.6. The van der Waals surface area contributed by atoms with Crippen LogP contribution in [-0.4, -0.2) is 52.8 Å². The van der Waals surface area contributed by atoms with Gasteiger partial charge in [-0.2, -0.15) is 0 Å². The minimum absolute atomic E-state index is 0.00266. The first kappa shape index (κ1) is 21.4. The number of aromatic hydroxyl groups is 2. The monoisotopic (exact) mass is 411 g/mol. The van der Waals surface area contributed by atoms with Gasteiger partial charge < -0.3 is 19.8 Å². The highest BCUT2D eigenvalue weighted by Crippen LogP contribution is 2.28. The number of carbonyl (C=O) groups excluding carboxylic acids is 3. The minimum Gasteiger partial charge on any atom is -0.507 e. The van der Waals surface area contributed by atoms with Crippen molar-refractivity contribution in [1.29, 1.82) is 0 Å². The Morgan fingerprint density at radius 2 is 1.70 bits per heavy atom. The van der Waals surface area contributed by atoms with Crippen molar-refractivity contribution in [2.75, 3.05) is 13.2 Å². The van der Waals surface area contributed by atoms with E-state index in [2.05, 4.69) is 0 Å². The van der Waals surface area contributed by atoms with Gasteiger partial charge in [-0.3, -0.25) is 14.4 Å². The van der Waals surface area contributed by atoms with Crippen molar-refractivity contribution >= 4 is 18.5 Å². The lowest BCUT2D eigenvalue weighted by Gasteiger charge is -2.30. The maximum atomic E-state index is 13.2.